The number of benzene rings is 2. The highest BCUT2D eigenvalue weighted by Gasteiger charge is 2.17. The molecule has 0 unspecified atom stereocenters. The molecule has 0 fully saturated rings. The Morgan fingerprint density at radius 2 is 1.86 bits per heavy atom. The SMILES string of the molecule is O=C(Nc1ccc(Cl)c(Cl)c1)c1ccc(F)c([N+](=O)[O-])c1. The number of hydrogen-bond donors (Lipinski definition) is 1. The molecule has 0 saturated heterocycles. The second-order valence-corrected chi connectivity index (χ2v) is 4.82. The molecule has 1 amide bonds. The van der Waals surface area contributed by atoms with E-state index < -0.39 is 22.3 Å². The van der Waals surface area contributed by atoms with Crippen LogP contribution in [0.3, 0.4) is 0 Å². The number of carbonyl (C=O) groups is 1. The van der Waals surface area contributed by atoms with E-state index in [1.165, 1.54) is 18.2 Å². The number of rotatable bonds is 3. The molecule has 108 valence electrons. The van der Waals surface area contributed by atoms with Gasteiger partial charge in [0.05, 0.1) is 15.0 Å². The first-order chi connectivity index (χ1) is 9.88. The highest BCUT2D eigenvalue weighted by atomic mass is 35.5. The number of carbonyl (C=O) groups excluding carboxylic acids is 1. The van der Waals surface area contributed by atoms with Crippen LogP contribution in [0.5, 0.6) is 0 Å². The molecule has 0 aromatic heterocycles. The smallest absolute Gasteiger partial charge is 0.305 e. The Kier molecular flexibility index (Phi) is 4.40. The lowest BCUT2D eigenvalue weighted by molar-refractivity contribution is -0.387. The summed E-state index contributed by atoms with van der Waals surface area (Å²) in [6, 6.07) is 7.32. The van der Waals surface area contributed by atoms with Gasteiger partial charge in [0.25, 0.3) is 5.91 Å². The summed E-state index contributed by atoms with van der Waals surface area (Å²) >= 11 is 11.6. The molecule has 1 N–H and O–H groups in total. The maximum absolute atomic E-state index is 13.2. The van der Waals surface area contributed by atoms with Crippen LogP contribution in [0.15, 0.2) is 36.4 Å². The zero-order valence-electron chi connectivity index (χ0n) is 10.3. The second-order valence-electron chi connectivity index (χ2n) is 4.01. The molecule has 0 aliphatic heterocycles. The largest absolute Gasteiger partial charge is 0.322 e. The monoisotopic (exact) mass is 328 g/mol. The van der Waals surface area contributed by atoms with Gasteiger partial charge < -0.3 is 5.32 Å². The topological polar surface area (TPSA) is 72.2 Å². The van der Waals surface area contributed by atoms with E-state index >= 15 is 0 Å². The van der Waals surface area contributed by atoms with Gasteiger partial charge in [-0.15, -0.1) is 0 Å². The van der Waals surface area contributed by atoms with Crippen molar-refractivity contribution < 1.29 is 14.1 Å². The van der Waals surface area contributed by atoms with E-state index in [4.69, 9.17) is 23.2 Å². The van der Waals surface area contributed by atoms with E-state index in [9.17, 15) is 19.3 Å². The zero-order chi connectivity index (χ0) is 15.6. The molecule has 2 rings (SSSR count). The van der Waals surface area contributed by atoms with Crippen molar-refractivity contribution in [1.82, 2.24) is 0 Å². The number of hydrogen-bond acceptors (Lipinski definition) is 3. The molecule has 2 aromatic carbocycles. The highest BCUT2D eigenvalue weighted by molar-refractivity contribution is 6.42. The summed E-state index contributed by atoms with van der Waals surface area (Å²) in [5.74, 6) is -1.64. The van der Waals surface area contributed by atoms with Gasteiger partial charge in [0.2, 0.25) is 5.82 Å². The number of nitrogens with one attached hydrogen (secondary N) is 1. The summed E-state index contributed by atoms with van der Waals surface area (Å²) in [6.07, 6.45) is 0. The van der Waals surface area contributed by atoms with E-state index in [-0.39, 0.29) is 10.6 Å². The van der Waals surface area contributed by atoms with Gasteiger partial charge in [0.1, 0.15) is 0 Å². The van der Waals surface area contributed by atoms with Crippen molar-refractivity contribution in [2.24, 2.45) is 0 Å². The Hall–Kier alpha value is -2.18. The summed E-state index contributed by atoms with van der Waals surface area (Å²) in [5.41, 5.74) is -0.452. The molecule has 0 radical (unpaired) electrons. The predicted molar refractivity (Wildman–Crippen MR) is 77.5 cm³/mol. The quantitative estimate of drug-likeness (QED) is 0.674. The number of nitro benzene ring substituents is 1. The van der Waals surface area contributed by atoms with E-state index in [2.05, 4.69) is 5.32 Å². The first-order valence-electron chi connectivity index (χ1n) is 5.59. The van der Waals surface area contributed by atoms with Crippen LogP contribution in [0, 0.1) is 15.9 Å². The third kappa shape index (κ3) is 3.48. The van der Waals surface area contributed by atoms with E-state index in [1.807, 2.05) is 0 Å². The van der Waals surface area contributed by atoms with Crippen molar-refractivity contribution in [3.05, 3.63) is 67.9 Å². The van der Waals surface area contributed by atoms with Crippen molar-refractivity contribution >= 4 is 40.5 Å². The Balaban J connectivity index is 2.26. The van der Waals surface area contributed by atoms with Crippen molar-refractivity contribution in [3.63, 3.8) is 0 Å². The van der Waals surface area contributed by atoms with Crippen LogP contribution in [-0.2, 0) is 0 Å². The van der Waals surface area contributed by atoms with Crippen LogP contribution in [0.25, 0.3) is 0 Å². The van der Waals surface area contributed by atoms with Gasteiger partial charge >= 0.3 is 5.69 Å². The lowest BCUT2D eigenvalue weighted by Gasteiger charge is -2.06. The molecule has 0 atom stereocenters. The standard InChI is InChI=1S/C13H7Cl2FN2O3/c14-9-3-2-8(6-10(9)15)17-13(19)7-1-4-11(16)12(5-7)18(20)21/h1-6H,(H,17,19). The minimum atomic E-state index is -1.01. The maximum atomic E-state index is 13.2. The highest BCUT2D eigenvalue weighted by Crippen LogP contribution is 2.25. The number of anilines is 1. The summed E-state index contributed by atoms with van der Waals surface area (Å²) < 4.78 is 13.2. The second kappa shape index (κ2) is 6.07. The van der Waals surface area contributed by atoms with Gasteiger partial charge in [-0.1, -0.05) is 23.2 Å². The van der Waals surface area contributed by atoms with Gasteiger partial charge in [-0.05, 0) is 30.3 Å². The summed E-state index contributed by atoms with van der Waals surface area (Å²) in [6.45, 7) is 0. The molecule has 0 aliphatic carbocycles. The molecule has 21 heavy (non-hydrogen) atoms. The third-order valence-corrected chi connectivity index (χ3v) is 3.32. The lowest BCUT2D eigenvalue weighted by atomic mass is 10.1. The Morgan fingerprint density at radius 3 is 2.48 bits per heavy atom. The molecule has 0 spiro atoms. The molecule has 2 aromatic rings. The van der Waals surface area contributed by atoms with Gasteiger partial charge in [0.15, 0.2) is 0 Å². The molecule has 0 saturated carbocycles. The third-order valence-electron chi connectivity index (χ3n) is 2.58. The molecule has 0 heterocycles. The lowest BCUT2D eigenvalue weighted by Crippen LogP contribution is -2.12. The van der Waals surface area contributed by atoms with E-state index in [0.29, 0.717) is 10.7 Å². The minimum Gasteiger partial charge on any atom is -0.322 e. The summed E-state index contributed by atoms with van der Waals surface area (Å²) in [5, 5.41) is 13.7. The Bertz CT molecular complexity index is 737. The first kappa shape index (κ1) is 15.2. The molecular weight excluding hydrogens is 322 g/mol. The van der Waals surface area contributed by atoms with Gasteiger partial charge in [0, 0.05) is 17.3 Å². The predicted octanol–water partition coefficient (Wildman–Crippen LogP) is 4.29. The Labute approximate surface area is 128 Å². The van der Waals surface area contributed by atoms with Crippen molar-refractivity contribution in [3.8, 4) is 0 Å². The van der Waals surface area contributed by atoms with Crippen LogP contribution >= 0.6 is 23.2 Å². The molecule has 0 bridgehead atoms. The fourth-order valence-corrected chi connectivity index (χ4v) is 1.87. The van der Waals surface area contributed by atoms with Crippen LogP contribution in [-0.4, -0.2) is 10.8 Å². The van der Waals surface area contributed by atoms with E-state index in [0.717, 1.165) is 18.2 Å². The molecule has 0 aliphatic rings. The molecule has 5 nitrogen and oxygen atoms in total. The minimum absolute atomic E-state index is 0.0471. The van der Waals surface area contributed by atoms with Gasteiger partial charge in [-0.3, -0.25) is 14.9 Å². The normalized spacial score (nSPS) is 10.2. The average molecular weight is 329 g/mol. The van der Waals surface area contributed by atoms with Crippen LogP contribution < -0.4 is 5.32 Å². The van der Waals surface area contributed by atoms with Gasteiger partial charge in [-0.2, -0.15) is 4.39 Å². The Morgan fingerprint density at radius 1 is 1.14 bits per heavy atom. The van der Waals surface area contributed by atoms with Gasteiger partial charge in [-0.25, -0.2) is 0 Å². The fourth-order valence-electron chi connectivity index (χ4n) is 1.57. The number of nitro groups is 1. The average Bonchev–Trinajstić information content (AvgIpc) is 2.43. The number of amides is 1. The number of nitrogens with zero attached hydrogens (tertiary/aromatic N) is 1. The van der Waals surface area contributed by atoms with Crippen LogP contribution in [0.2, 0.25) is 10.0 Å². The fraction of sp³-hybridized carbons (Fsp3) is 0. The maximum Gasteiger partial charge on any atom is 0.305 e. The molecule has 8 heteroatoms. The summed E-state index contributed by atoms with van der Waals surface area (Å²) in [4.78, 5) is 21.7. The van der Waals surface area contributed by atoms with Crippen molar-refractivity contribution in [1.29, 1.82) is 0 Å². The van der Waals surface area contributed by atoms with E-state index in [1.54, 1.807) is 0 Å². The van der Waals surface area contributed by atoms with Crippen LogP contribution in [0.4, 0.5) is 15.8 Å². The van der Waals surface area contributed by atoms with Crippen LogP contribution in [0.1, 0.15) is 10.4 Å². The summed E-state index contributed by atoms with van der Waals surface area (Å²) in [7, 11) is 0. The van der Waals surface area contributed by atoms with Crippen molar-refractivity contribution in [2.45, 2.75) is 0 Å². The molecular formula is C13H7Cl2FN2O3. The number of halogens is 3. The first-order valence-corrected chi connectivity index (χ1v) is 6.34. The zero-order valence-corrected chi connectivity index (χ0v) is 11.8. The van der Waals surface area contributed by atoms with Crippen molar-refractivity contribution in [2.75, 3.05) is 5.32 Å².